The summed E-state index contributed by atoms with van der Waals surface area (Å²) in [6.45, 7) is 6.90. The topological polar surface area (TPSA) is 72.2 Å². The van der Waals surface area contributed by atoms with E-state index in [1.165, 1.54) is 12.8 Å². The molecule has 4 aliphatic carbocycles. The average Bonchev–Trinajstić information content (AvgIpc) is 2.90. The molecule has 4 fully saturated rings. The van der Waals surface area contributed by atoms with Crippen LogP contribution in [0.15, 0.2) is 0 Å². The first-order valence-corrected chi connectivity index (χ1v) is 6.85. The van der Waals surface area contributed by atoms with Crippen LogP contribution in [0.1, 0.15) is 33.6 Å². The lowest BCUT2D eigenvalue weighted by molar-refractivity contribution is -0.128. The summed E-state index contributed by atoms with van der Waals surface area (Å²) in [7, 11) is 0. The monoisotopic (exact) mass is 250 g/mol. The maximum atomic E-state index is 12.1. The molecule has 100 valence electrons. The van der Waals surface area contributed by atoms with E-state index in [-0.39, 0.29) is 23.8 Å². The van der Waals surface area contributed by atoms with Gasteiger partial charge in [0.25, 0.3) is 0 Å². The molecule has 3 unspecified atom stereocenters. The molecular weight excluding hydrogens is 228 g/mol. The molecule has 0 aromatic carbocycles. The molecule has 2 bridgehead atoms. The summed E-state index contributed by atoms with van der Waals surface area (Å²) >= 11 is 0. The third-order valence-electron chi connectivity index (χ3n) is 6.24. The van der Waals surface area contributed by atoms with E-state index in [4.69, 9.17) is 5.73 Å². The van der Waals surface area contributed by atoms with E-state index < -0.39 is 5.91 Å². The van der Waals surface area contributed by atoms with Crippen molar-refractivity contribution in [2.24, 2.45) is 40.2 Å². The largest absolute Gasteiger partial charge is 0.368 e. The second-order valence-electron chi connectivity index (χ2n) is 7.18. The van der Waals surface area contributed by atoms with Crippen molar-refractivity contribution in [3.63, 3.8) is 0 Å². The molecule has 0 heterocycles. The Hall–Kier alpha value is -1.06. The molecule has 4 aliphatic rings. The van der Waals surface area contributed by atoms with Crippen molar-refractivity contribution in [2.45, 2.75) is 33.6 Å². The first-order valence-electron chi connectivity index (χ1n) is 6.85. The molecule has 0 spiro atoms. The normalized spacial score (nSPS) is 46.6. The average molecular weight is 250 g/mol. The SMILES string of the molecule is CC12C(C[C@H]3C[C@@H]1C3(C)C)C2C(=O)NCC(N)=O. The van der Waals surface area contributed by atoms with E-state index in [0.717, 1.165) is 5.92 Å². The van der Waals surface area contributed by atoms with Crippen LogP contribution in [0.3, 0.4) is 0 Å². The van der Waals surface area contributed by atoms with Gasteiger partial charge in [0, 0.05) is 5.92 Å². The number of rotatable bonds is 3. The van der Waals surface area contributed by atoms with Gasteiger partial charge in [-0.25, -0.2) is 0 Å². The molecule has 2 amide bonds. The van der Waals surface area contributed by atoms with E-state index >= 15 is 0 Å². The fourth-order valence-corrected chi connectivity index (χ4v) is 5.02. The van der Waals surface area contributed by atoms with Gasteiger partial charge < -0.3 is 11.1 Å². The van der Waals surface area contributed by atoms with Crippen molar-refractivity contribution < 1.29 is 9.59 Å². The van der Waals surface area contributed by atoms with Gasteiger partial charge >= 0.3 is 0 Å². The number of nitrogens with one attached hydrogen (secondary N) is 1. The van der Waals surface area contributed by atoms with Crippen LogP contribution in [-0.2, 0) is 9.59 Å². The van der Waals surface area contributed by atoms with Crippen molar-refractivity contribution in [1.29, 1.82) is 0 Å². The number of nitrogens with two attached hydrogens (primary N) is 1. The Balaban J connectivity index is 1.71. The Kier molecular flexibility index (Phi) is 2.19. The first kappa shape index (κ1) is 12.0. The van der Waals surface area contributed by atoms with Crippen LogP contribution in [0.2, 0.25) is 0 Å². The molecule has 5 atom stereocenters. The minimum atomic E-state index is -0.471. The molecule has 0 saturated heterocycles. The van der Waals surface area contributed by atoms with Crippen LogP contribution in [0.4, 0.5) is 0 Å². The zero-order valence-electron chi connectivity index (χ0n) is 11.3. The molecule has 4 rings (SSSR count). The molecule has 0 aromatic heterocycles. The van der Waals surface area contributed by atoms with Crippen molar-refractivity contribution in [2.75, 3.05) is 6.54 Å². The van der Waals surface area contributed by atoms with Crippen molar-refractivity contribution in [1.82, 2.24) is 5.32 Å². The minimum absolute atomic E-state index is 0.0321. The van der Waals surface area contributed by atoms with E-state index in [1.54, 1.807) is 0 Å². The van der Waals surface area contributed by atoms with E-state index in [0.29, 0.717) is 17.3 Å². The molecule has 18 heavy (non-hydrogen) atoms. The third kappa shape index (κ3) is 1.26. The summed E-state index contributed by atoms with van der Waals surface area (Å²) in [6.07, 6.45) is 2.45. The summed E-state index contributed by atoms with van der Waals surface area (Å²) in [5, 5.41) is 2.68. The minimum Gasteiger partial charge on any atom is -0.368 e. The van der Waals surface area contributed by atoms with Crippen LogP contribution < -0.4 is 11.1 Å². The molecule has 3 N–H and O–H groups in total. The lowest BCUT2D eigenvalue weighted by Crippen LogP contribution is -2.52. The Labute approximate surface area is 108 Å². The Morgan fingerprint density at radius 3 is 2.44 bits per heavy atom. The Morgan fingerprint density at radius 2 is 1.94 bits per heavy atom. The highest BCUT2D eigenvalue weighted by Crippen LogP contribution is 2.80. The second-order valence-corrected chi connectivity index (χ2v) is 7.18. The highest BCUT2D eigenvalue weighted by atomic mass is 16.2. The first-order chi connectivity index (χ1) is 8.29. The van der Waals surface area contributed by atoms with Gasteiger partial charge in [-0.1, -0.05) is 20.8 Å². The number of carbonyl (C=O) groups excluding carboxylic acids is 2. The summed E-state index contributed by atoms with van der Waals surface area (Å²) in [4.78, 5) is 22.9. The van der Waals surface area contributed by atoms with Gasteiger partial charge in [-0.3, -0.25) is 9.59 Å². The van der Waals surface area contributed by atoms with Gasteiger partial charge in [-0.05, 0) is 41.4 Å². The van der Waals surface area contributed by atoms with Crippen LogP contribution in [0.5, 0.6) is 0 Å². The fourth-order valence-electron chi connectivity index (χ4n) is 5.02. The summed E-state index contributed by atoms with van der Waals surface area (Å²) in [6, 6.07) is 0. The fraction of sp³-hybridized carbons (Fsp3) is 0.857. The number of amides is 2. The predicted molar refractivity (Wildman–Crippen MR) is 67.3 cm³/mol. The summed E-state index contributed by atoms with van der Waals surface area (Å²) < 4.78 is 0. The molecule has 0 aliphatic heterocycles. The highest BCUT2D eigenvalue weighted by Gasteiger charge is 2.77. The smallest absolute Gasteiger partial charge is 0.236 e. The van der Waals surface area contributed by atoms with Crippen molar-refractivity contribution in [3.8, 4) is 0 Å². The summed E-state index contributed by atoms with van der Waals surface area (Å²) in [5.41, 5.74) is 5.63. The zero-order chi connectivity index (χ0) is 13.3. The highest BCUT2D eigenvalue weighted by molar-refractivity contribution is 5.87. The maximum absolute atomic E-state index is 12.1. The molecule has 0 radical (unpaired) electrons. The molecule has 4 saturated carbocycles. The standard InChI is InChI=1S/C14H22N2O2/c1-13(2)7-4-8-11(12(18)16-6-10(15)17)14(8,3)9(13)5-7/h7-9,11H,4-6H2,1-3H3,(H2,15,17)(H,16,18)/t7-,8?,9+,11?,14?/m0/s1. The van der Waals surface area contributed by atoms with Gasteiger partial charge in [0.15, 0.2) is 0 Å². The number of hydrogen-bond donors (Lipinski definition) is 2. The van der Waals surface area contributed by atoms with Gasteiger partial charge in [0.05, 0.1) is 6.54 Å². The quantitative estimate of drug-likeness (QED) is 0.781. The van der Waals surface area contributed by atoms with Gasteiger partial charge in [0.1, 0.15) is 0 Å². The van der Waals surface area contributed by atoms with Gasteiger partial charge in [-0.2, -0.15) is 0 Å². The molecule has 4 heteroatoms. The number of carbonyl (C=O) groups is 2. The van der Waals surface area contributed by atoms with E-state index in [9.17, 15) is 9.59 Å². The van der Waals surface area contributed by atoms with Gasteiger partial charge in [0.2, 0.25) is 11.8 Å². The van der Waals surface area contributed by atoms with Gasteiger partial charge in [-0.15, -0.1) is 0 Å². The predicted octanol–water partition coefficient (Wildman–Crippen LogP) is 0.906. The van der Waals surface area contributed by atoms with Crippen LogP contribution in [-0.4, -0.2) is 18.4 Å². The van der Waals surface area contributed by atoms with Crippen LogP contribution in [0.25, 0.3) is 0 Å². The zero-order valence-corrected chi connectivity index (χ0v) is 11.3. The lowest BCUT2D eigenvalue weighted by Gasteiger charge is -2.59. The molecule has 4 nitrogen and oxygen atoms in total. The van der Waals surface area contributed by atoms with Crippen molar-refractivity contribution in [3.05, 3.63) is 0 Å². The number of hydrogen-bond acceptors (Lipinski definition) is 2. The summed E-state index contributed by atoms with van der Waals surface area (Å²) in [5.74, 6) is 1.65. The second kappa shape index (κ2) is 3.28. The Morgan fingerprint density at radius 1 is 1.28 bits per heavy atom. The van der Waals surface area contributed by atoms with E-state index in [1.807, 2.05) is 0 Å². The Bertz CT molecular complexity index is 432. The van der Waals surface area contributed by atoms with Crippen LogP contribution in [0, 0.1) is 34.5 Å². The third-order valence-corrected chi connectivity index (χ3v) is 6.24. The molecule has 0 aromatic rings. The maximum Gasteiger partial charge on any atom is 0.236 e. The number of primary amides is 1. The van der Waals surface area contributed by atoms with Crippen LogP contribution >= 0.6 is 0 Å². The lowest BCUT2D eigenvalue weighted by atomic mass is 9.45. The van der Waals surface area contributed by atoms with Crippen molar-refractivity contribution >= 4 is 11.8 Å². The van der Waals surface area contributed by atoms with E-state index in [2.05, 4.69) is 26.1 Å². The molecular formula is C14H22N2O2.